The molecule has 0 aliphatic heterocycles. The van der Waals surface area contributed by atoms with E-state index in [4.69, 9.17) is 28.5 Å². The van der Waals surface area contributed by atoms with Gasteiger partial charge < -0.3 is 4.90 Å². The molecule has 8 heteroatoms. The van der Waals surface area contributed by atoms with Crippen LogP contribution in [0.2, 0.25) is 10.0 Å². The molecule has 0 saturated carbocycles. The van der Waals surface area contributed by atoms with Crippen molar-refractivity contribution >= 4 is 38.9 Å². The highest BCUT2D eigenvalue weighted by Crippen LogP contribution is 2.26. The maximum atomic E-state index is 12.2. The number of halogens is 2. The van der Waals surface area contributed by atoms with Gasteiger partial charge in [-0.2, -0.15) is 5.26 Å². The minimum absolute atomic E-state index is 0.0738. The van der Waals surface area contributed by atoms with Crippen molar-refractivity contribution in [2.75, 3.05) is 19.3 Å². The van der Waals surface area contributed by atoms with Crippen LogP contribution in [0, 0.1) is 11.3 Å². The van der Waals surface area contributed by atoms with Gasteiger partial charge in [-0.1, -0.05) is 23.2 Å². The van der Waals surface area contributed by atoms with Crippen LogP contribution in [0.3, 0.4) is 0 Å². The lowest BCUT2D eigenvalue weighted by atomic mass is 10.3. The monoisotopic (exact) mass is 348 g/mol. The van der Waals surface area contributed by atoms with Gasteiger partial charge in [-0.15, -0.1) is 0 Å². The van der Waals surface area contributed by atoms with Crippen molar-refractivity contribution in [1.29, 1.82) is 5.26 Å². The maximum Gasteiger partial charge on any atom is 0.223 e. The number of nitrogens with zero attached hydrogens (tertiary/aromatic N) is 2. The zero-order valence-electron chi connectivity index (χ0n) is 11.3. The summed E-state index contributed by atoms with van der Waals surface area (Å²) in [6, 6.07) is 6.08. The molecule has 0 fully saturated rings. The summed E-state index contributed by atoms with van der Waals surface area (Å²) in [7, 11) is -2.16. The summed E-state index contributed by atoms with van der Waals surface area (Å²) in [6.07, 6.45) is 0.0300. The second-order valence-corrected chi connectivity index (χ2v) is 7.29. The molecule has 0 aliphatic carbocycles. The zero-order chi connectivity index (χ0) is 16.0. The third-order valence-corrected chi connectivity index (χ3v) is 5.22. The summed E-state index contributed by atoms with van der Waals surface area (Å²) in [4.78, 5) is 13.0. The predicted octanol–water partition coefficient (Wildman–Crippen LogP) is 2.53. The van der Waals surface area contributed by atoms with Crippen molar-refractivity contribution in [3.8, 4) is 6.07 Å². The molecule has 0 aromatic heterocycles. The van der Waals surface area contributed by atoms with Gasteiger partial charge in [-0.25, -0.2) is 8.42 Å². The van der Waals surface area contributed by atoms with Crippen LogP contribution in [0.1, 0.15) is 12.8 Å². The van der Waals surface area contributed by atoms with E-state index in [1.807, 2.05) is 6.07 Å². The number of carbonyl (C=O) groups is 1. The standard InChI is InChI=1S/C13H14Cl2N2O3S/c1-17(7-2-6-16)13(18)5-8-21(19,20)12-9-10(14)3-4-11(12)15/h3-4,9H,2,5,7-8H2,1H3. The van der Waals surface area contributed by atoms with E-state index in [1.165, 1.54) is 30.1 Å². The number of rotatable bonds is 6. The Hall–Kier alpha value is -1.29. The summed E-state index contributed by atoms with van der Waals surface area (Å²) in [6.45, 7) is 0.271. The maximum absolute atomic E-state index is 12.2. The van der Waals surface area contributed by atoms with Gasteiger partial charge in [0, 0.05) is 25.0 Å². The van der Waals surface area contributed by atoms with Crippen LogP contribution in [0.4, 0.5) is 0 Å². The van der Waals surface area contributed by atoms with Crippen molar-refractivity contribution in [2.45, 2.75) is 17.7 Å². The second kappa shape index (κ2) is 7.64. The molecular weight excluding hydrogens is 335 g/mol. The fourth-order valence-corrected chi connectivity index (χ4v) is 3.62. The van der Waals surface area contributed by atoms with Crippen LogP contribution in [0.15, 0.2) is 23.1 Å². The van der Waals surface area contributed by atoms with E-state index in [-0.39, 0.29) is 46.0 Å². The summed E-state index contributed by atoms with van der Waals surface area (Å²) < 4.78 is 24.4. The number of carbonyl (C=O) groups excluding carboxylic acids is 1. The number of nitriles is 1. The lowest BCUT2D eigenvalue weighted by Gasteiger charge is -2.15. The molecule has 1 amide bonds. The molecule has 0 saturated heterocycles. The first-order valence-electron chi connectivity index (χ1n) is 6.06. The predicted molar refractivity (Wildman–Crippen MR) is 81.0 cm³/mol. The van der Waals surface area contributed by atoms with Crippen molar-refractivity contribution in [3.63, 3.8) is 0 Å². The Balaban J connectivity index is 2.76. The Kier molecular flexibility index (Phi) is 6.46. The molecule has 0 aliphatic rings. The van der Waals surface area contributed by atoms with Crippen molar-refractivity contribution in [1.82, 2.24) is 4.90 Å². The molecule has 1 aromatic rings. The molecule has 21 heavy (non-hydrogen) atoms. The molecule has 5 nitrogen and oxygen atoms in total. The fraction of sp³-hybridized carbons (Fsp3) is 0.385. The Morgan fingerprint density at radius 1 is 1.38 bits per heavy atom. The van der Waals surface area contributed by atoms with Crippen LogP contribution in [-0.4, -0.2) is 38.6 Å². The van der Waals surface area contributed by atoms with Gasteiger partial charge in [0.25, 0.3) is 0 Å². The Bertz CT molecular complexity index is 668. The zero-order valence-corrected chi connectivity index (χ0v) is 13.7. The van der Waals surface area contributed by atoms with Crippen LogP contribution in [0.25, 0.3) is 0 Å². The molecule has 1 aromatic carbocycles. The summed E-state index contributed by atoms with van der Waals surface area (Å²) >= 11 is 11.6. The number of sulfone groups is 1. The van der Waals surface area contributed by atoms with E-state index in [2.05, 4.69) is 0 Å². The number of hydrogen-bond acceptors (Lipinski definition) is 4. The first kappa shape index (κ1) is 17.8. The van der Waals surface area contributed by atoms with Gasteiger partial charge >= 0.3 is 0 Å². The molecule has 0 N–H and O–H groups in total. The van der Waals surface area contributed by atoms with Gasteiger partial charge in [-0.05, 0) is 18.2 Å². The quantitative estimate of drug-likeness (QED) is 0.791. The Morgan fingerprint density at radius 2 is 2.05 bits per heavy atom. The first-order chi connectivity index (χ1) is 9.77. The Morgan fingerprint density at radius 3 is 2.67 bits per heavy atom. The van der Waals surface area contributed by atoms with Crippen molar-refractivity contribution in [3.05, 3.63) is 28.2 Å². The largest absolute Gasteiger partial charge is 0.345 e. The lowest BCUT2D eigenvalue weighted by Crippen LogP contribution is -2.29. The van der Waals surface area contributed by atoms with Gasteiger partial charge in [0.1, 0.15) is 0 Å². The summed E-state index contributed by atoms with van der Waals surface area (Å²) in [5.41, 5.74) is 0. The molecule has 0 heterocycles. The van der Waals surface area contributed by atoms with E-state index >= 15 is 0 Å². The smallest absolute Gasteiger partial charge is 0.223 e. The number of amides is 1. The van der Waals surface area contributed by atoms with Crippen molar-refractivity contribution in [2.24, 2.45) is 0 Å². The average molecular weight is 349 g/mol. The normalized spacial score (nSPS) is 11.0. The van der Waals surface area contributed by atoms with Gasteiger partial charge in [0.15, 0.2) is 9.84 Å². The summed E-state index contributed by atoms with van der Waals surface area (Å²) in [5, 5.41) is 8.78. The first-order valence-corrected chi connectivity index (χ1v) is 8.47. The minimum Gasteiger partial charge on any atom is -0.345 e. The molecule has 1 rings (SSSR count). The highest BCUT2D eigenvalue weighted by Gasteiger charge is 2.21. The van der Waals surface area contributed by atoms with Crippen LogP contribution in [0.5, 0.6) is 0 Å². The Labute approximate surface area is 134 Å². The third-order valence-electron chi connectivity index (χ3n) is 2.80. The SMILES string of the molecule is CN(CCC#N)C(=O)CCS(=O)(=O)c1cc(Cl)ccc1Cl. The minimum atomic E-state index is -3.69. The lowest BCUT2D eigenvalue weighted by molar-refractivity contribution is -0.129. The van der Waals surface area contributed by atoms with Crippen LogP contribution in [-0.2, 0) is 14.6 Å². The molecule has 0 bridgehead atoms. The van der Waals surface area contributed by atoms with E-state index < -0.39 is 9.84 Å². The molecule has 0 unspecified atom stereocenters. The number of hydrogen-bond donors (Lipinski definition) is 0. The van der Waals surface area contributed by atoms with Gasteiger partial charge in [0.05, 0.1) is 28.2 Å². The fourth-order valence-electron chi connectivity index (χ4n) is 1.58. The van der Waals surface area contributed by atoms with Crippen molar-refractivity contribution < 1.29 is 13.2 Å². The molecule has 0 spiro atoms. The average Bonchev–Trinajstić information content (AvgIpc) is 2.44. The molecule has 0 radical (unpaired) electrons. The van der Waals surface area contributed by atoms with E-state index in [1.54, 1.807) is 0 Å². The van der Waals surface area contributed by atoms with Crippen LogP contribution < -0.4 is 0 Å². The van der Waals surface area contributed by atoms with Gasteiger partial charge in [0.2, 0.25) is 5.91 Å². The number of benzene rings is 1. The molecule has 0 atom stereocenters. The van der Waals surface area contributed by atoms with E-state index in [0.29, 0.717) is 0 Å². The molecular formula is C13H14Cl2N2O3S. The highest BCUT2D eigenvalue weighted by molar-refractivity contribution is 7.91. The van der Waals surface area contributed by atoms with E-state index in [0.717, 1.165) is 0 Å². The topological polar surface area (TPSA) is 78.2 Å². The van der Waals surface area contributed by atoms with E-state index in [9.17, 15) is 13.2 Å². The van der Waals surface area contributed by atoms with Crippen LogP contribution >= 0.6 is 23.2 Å². The molecule has 114 valence electrons. The summed E-state index contributed by atoms with van der Waals surface area (Å²) in [5.74, 6) is -0.699. The second-order valence-electron chi connectivity index (χ2n) is 4.37. The van der Waals surface area contributed by atoms with Gasteiger partial charge in [-0.3, -0.25) is 4.79 Å². The highest BCUT2D eigenvalue weighted by atomic mass is 35.5. The third kappa shape index (κ3) is 5.20.